The van der Waals surface area contributed by atoms with Crippen molar-refractivity contribution in [1.29, 1.82) is 0 Å². The number of hydrogen-bond acceptors (Lipinski definition) is 4. The van der Waals surface area contributed by atoms with Crippen molar-refractivity contribution >= 4 is 5.91 Å². The third-order valence-electron chi connectivity index (χ3n) is 2.84. The van der Waals surface area contributed by atoms with Crippen LogP contribution in [0.5, 0.6) is 0 Å². The van der Waals surface area contributed by atoms with E-state index in [-0.39, 0.29) is 17.9 Å². The Kier molecular flexibility index (Phi) is 6.37. The Bertz CT molecular complexity index is 211. The number of amides is 1. The lowest BCUT2D eigenvalue weighted by atomic mass is 10.0. The molecule has 0 aliphatic carbocycles. The molecule has 1 saturated heterocycles. The van der Waals surface area contributed by atoms with Gasteiger partial charge in [-0.15, -0.1) is 0 Å². The summed E-state index contributed by atoms with van der Waals surface area (Å²) in [5, 5.41) is 6.15. The summed E-state index contributed by atoms with van der Waals surface area (Å²) >= 11 is 0. The third kappa shape index (κ3) is 4.47. The van der Waals surface area contributed by atoms with E-state index in [0.29, 0.717) is 26.4 Å². The van der Waals surface area contributed by atoms with Crippen LogP contribution in [0.1, 0.15) is 13.3 Å². The highest BCUT2D eigenvalue weighted by molar-refractivity contribution is 5.79. The van der Waals surface area contributed by atoms with Crippen molar-refractivity contribution < 1.29 is 14.3 Å². The average molecular weight is 230 g/mol. The van der Waals surface area contributed by atoms with E-state index < -0.39 is 0 Å². The first-order chi connectivity index (χ1) is 7.75. The van der Waals surface area contributed by atoms with E-state index in [9.17, 15) is 4.79 Å². The van der Waals surface area contributed by atoms with Gasteiger partial charge in [0.05, 0.1) is 25.7 Å². The first-order valence-corrected chi connectivity index (χ1v) is 5.83. The van der Waals surface area contributed by atoms with Crippen LogP contribution in [0.25, 0.3) is 0 Å². The van der Waals surface area contributed by atoms with Gasteiger partial charge in [-0.25, -0.2) is 0 Å². The van der Waals surface area contributed by atoms with Gasteiger partial charge in [-0.3, -0.25) is 4.79 Å². The Morgan fingerprint density at radius 1 is 1.44 bits per heavy atom. The average Bonchev–Trinajstić information content (AvgIpc) is 2.69. The van der Waals surface area contributed by atoms with Crippen LogP contribution in [0.15, 0.2) is 0 Å². The molecule has 5 nitrogen and oxygen atoms in total. The lowest BCUT2D eigenvalue weighted by Gasteiger charge is -2.14. The van der Waals surface area contributed by atoms with Crippen LogP contribution in [0, 0.1) is 5.92 Å². The highest BCUT2D eigenvalue weighted by Gasteiger charge is 2.28. The van der Waals surface area contributed by atoms with Crippen molar-refractivity contribution in [1.82, 2.24) is 10.6 Å². The first-order valence-electron chi connectivity index (χ1n) is 5.83. The molecule has 2 N–H and O–H groups in total. The van der Waals surface area contributed by atoms with Crippen molar-refractivity contribution in [3.05, 3.63) is 0 Å². The van der Waals surface area contributed by atoms with Gasteiger partial charge in [-0.1, -0.05) is 0 Å². The first kappa shape index (κ1) is 13.4. The number of methoxy groups -OCH3 is 1. The monoisotopic (exact) mass is 230 g/mol. The van der Waals surface area contributed by atoms with Gasteiger partial charge in [0.25, 0.3) is 0 Å². The summed E-state index contributed by atoms with van der Waals surface area (Å²) in [5.74, 6) is 0.242. The van der Waals surface area contributed by atoms with Crippen molar-refractivity contribution in [3.63, 3.8) is 0 Å². The zero-order chi connectivity index (χ0) is 11.8. The van der Waals surface area contributed by atoms with Gasteiger partial charge in [0.15, 0.2) is 0 Å². The maximum Gasteiger partial charge on any atom is 0.224 e. The van der Waals surface area contributed by atoms with Crippen LogP contribution in [-0.2, 0) is 14.3 Å². The Balaban J connectivity index is 2.02. The standard InChI is InChI=1S/C11H22N2O3/c1-9-10(3-4-12-9)11(14)13-5-6-16-8-7-15-2/h9-10,12H,3-8H2,1-2H3,(H,13,14). The Morgan fingerprint density at radius 3 is 2.88 bits per heavy atom. The van der Waals surface area contributed by atoms with Gasteiger partial charge in [-0.2, -0.15) is 0 Å². The molecule has 0 spiro atoms. The second kappa shape index (κ2) is 7.60. The smallest absolute Gasteiger partial charge is 0.224 e. The molecule has 2 unspecified atom stereocenters. The fourth-order valence-corrected chi connectivity index (χ4v) is 1.84. The molecule has 0 aromatic rings. The highest BCUT2D eigenvalue weighted by atomic mass is 16.5. The fraction of sp³-hybridized carbons (Fsp3) is 0.909. The van der Waals surface area contributed by atoms with Crippen LogP contribution in [-0.4, -0.2) is 52.0 Å². The molecule has 0 aromatic carbocycles. The van der Waals surface area contributed by atoms with Crippen LogP contribution in [0.3, 0.4) is 0 Å². The minimum atomic E-state index is 0.110. The lowest BCUT2D eigenvalue weighted by Crippen LogP contribution is -2.38. The second-order valence-electron chi connectivity index (χ2n) is 4.03. The van der Waals surface area contributed by atoms with E-state index in [2.05, 4.69) is 10.6 Å². The molecule has 5 heteroatoms. The quantitative estimate of drug-likeness (QED) is 0.593. The lowest BCUT2D eigenvalue weighted by molar-refractivity contribution is -0.125. The highest BCUT2D eigenvalue weighted by Crippen LogP contribution is 2.14. The molecule has 0 bridgehead atoms. The number of nitrogens with one attached hydrogen (secondary N) is 2. The molecule has 1 fully saturated rings. The molecule has 0 radical (unpaired) electrons. The number of ether oxygens (including phenoxy) is 2. The van der Waals surface area contributed by atoms with Gasteiger partial charge >= 0.3 is 0 Å². The van der Waals surface area contributed by atoms with E-state index in [0.717, 1.165) is 13.0 Å². The molecule has 1 amide bonds. The minimum Gasteiger partial charge on any atom is -0.382 e. The summed E-state index contributed by atoms with van der Waals surface area (Å²) in [5.41, 5.74) is 0. The Labute approximate surface area is 96.9 Å². The van der Waals surface area contributed by atoms with Crippen LogP contribution in [0.4, 0.5) is 0 Å². The van der Waals surface area contributed by atoms with Crippen molar-refractivity contribution in [2.24, 2.45) is 5.92 Å². The molecular formula is C11H22N2O3. The van der Waals surface area contributed by atoms with Crippen molar-refractivity contribution in [3.8, 4) is 0 Å². The molecule has 1 aliphatic rings. The fourth-order valence-electron chi connectivity index (χ4n) is 1.84. The summed E-state index contributed by atoms with van der Waals surface area (Å²) in [6.45, 7) is 5.27. The Morgan fingerprint density at radius 2 is 2.25 bits per heavy atom. The molecule has 16 heavy (non-hydrogen) atoms. The predicted molar refractivity (Wildman–Crippen MR) is 61.3 cm³/mol. The van der Waals surface area contributed by atoms with E-state index in [4.69, 9.17) is 9.47 Å². The maximum absolute atomic E-state index is 11.7. The second-order valence-corrected chi connectivity index (χ2v) is 4.03. The minimum absolute atomic E-state index is 0.110. The van der Waals surface area contributed by atoms with Gasteiger partial charge in [0.1, 0.15) is 0 Å². The molecule has 2 atom stereocenters. The largest absolute Gasteiger partial charge is 0.382 e. The molecule has 1 heterocycles. The molecule has 94 valence electrons. The van der Waals surface area contributed by atoms with Crippen LogP contribution >= 0.6 is 0 Å². The molecule has 1 rings (SSSR count). The zero-order valence-electron chi connectivity index (χ0n) is 10.1. The van der Waals surface area contributed by atoms with Crippen LogP contribution < -0.4 is 10.6 Å². The maximum atomic E-state index is 11.7. The topological polar surface area (TPSA) is 59.6 Å². The summed E-state index contributed by atoms with van der Waals surface area (Å²) in [6.07, 6.45) is 0.928. The van der Waals surface area contributed by atoms with Crippen LogP contribution in [0.2, 0.25) is 0 Å². The van der Waals surface area contributed by atoms with Gasteiger partial charge in [0, 0.05) is 19.7 Å². The molecule has 1 aliphatic heterocycles. The van der Waals surface area contributed by atoms with Gasteiger partial charge in [0.2, 0.25) is 5.91 Å². The summed E-state index contributed by atoms with van der Waals surface area (Å²) < 4.78 is 10.1. The SMILES string of the molecule is COCCOCCNC(=O)C1CCNC1C. The Hall–Kier alpha value is -0.650. The van der Waals surface area contributed by atoms with E-state index in [1.165, 1.54) is 0 Å². The summed E-state index contributed by atoms with van der Waals surface area (Å²) in [6, 6.07) is 0.286. The number of carbonyl (C=O) groups excluding carboxylic acids is 1. The molecule has 0 saturated carbocycles. The van der Waals surface area contributed by atoms with Crippen molar-refractivity contribution in [2.45, 2.75) is 19.4 Å². The van der Waals surface area contributed by atoms with Gasteiger partial charge in [-0.05, 0) is 19.9 Å². The zero-order valence-corrected chi connectivity index (χ0v) is 10.1. The third-order valence-corrected chi connectivity index (χ3v) is 2.84. The summed E-state index contributed by atoms with van der Waals surface area (Å²) in [4.78, 5) is 11.7. The van der Waals surface area contributed by atoms with E-state index in [1.54, 1.807) is 7.11 Å². The van der Waals surface area contributed by atoms with E-state index in [1.807, 2.05) is 6.92 Å². The number of hydrogen-bond donors (Lipinski definition) is 2. The van der Waals surface area contributed by atoms with Crippen molar-refractivity contribution in [2.75, 3.05) is 40.0 Å². The molecule has 0 aromatic heterocycles. The predicted octanol–water partition coefficient (Wildman–Crippen LogP) is -0.236. The summed E-state index contributed by atoms with van der Waals surface area (Å²) in [7, 11) is 1.64. The van der Waals surface area contributed by atoms with E-state index >= 15 is 0 Å². The number of carbonyl (C=O) groups is 1. The normalized spacial score (nSPS) is 24.6. The van der Waals surface area contributed by atoms with Gasteiger partial charge < -0.3 is 20.1 Å². The number of rotatable bonds is 7. The molecular weight excluding hydrogens is 208 g/mol.